The van der Waals surface area contributed by atoms with Crippen molar-refractivity contribution in [1.29, 1.82) is 0 Å². The maximum Gasteiger partial charge on any atom is 0.238 e. The lowest BCUT2D eigenvalue weighted by atomic mass is 10.0. The molecule has 1 atom stereocenters. The van der Waals surface area contributed by atoms with Crippen LogP contribution >= 0.6 is 11.6 Å². The third kappa shape index (κ3) is 3.24. The summed E-state index contributed by atoms with van der Waals surface area (Å²) in [6.07, 6.45) is 1.47. The molecule has 0 saturated carbocycles. The van der Waals surface area contributed by atoms with Gasteiger partial charge in [-0.2, -0.15) is 0 Å². The first-order valence-corrected chi connectivity index (χ1v) is 8.41. The number of rotatable bonds is 3. The Morgan fingerprint density at radius 1 is 1.22 bits per heavy atom. The standard InChI is InChI=1S/C14H11ClN4O3S/c15-12-6-5-10-11(14(20)19-13(10)18-12)7-17-8-1-3-9(4-2-8)23(16,21)22/h1-7,11H,(H2,16,21,22)(H,18,19,20). The predicted molar refractivity (Wildman–Crippen MR) is 86.6 cm³/mol. The number of hydrogen-bond acceptors (Lipinski definition) is 5. The van der Waals surface area contributed by atoms with Crippen LogP contribution in [0.5, 0.6) is 0 Å². The van der Waals surface area contributed by atoms with Gasteiger partial charge in [-0.15, -0.1) is 0 Å². The van der Waals surface area contributed by atoms with Gasteiger partial charge in [0.2, 0.25) is 15.9 Å². The molecule has 1 aliphatic heterocycles. The minimum Gasteiger partial charge on any atom is -0.310 e. The molecule has 0 aliphatic carbocycles. The van der Waals surface area contributed by atoms with Crippen LogP contribution in [-0.4, -0.2) is 25.5 Å². The van der Waals surface area contributed by atoms with E-state index in [-0.39, 0.29) is 10.8 Å². The number of nitrogens with zero attached hydrogens (tertiary/aromatic N) is 2. The van der Waals surface area contributed by atoms with Gasteiger partial charge in [0.15, 0.2) is 0 Å². The Balaban J connectivity index is 1.85. The molecule has 0 radical (unpaired) electrons. The number of benzene rings is 1. The highest BCUT2D eigenvalue weighted by Gasteiger charge is 2.30. The van der Waals surface area contributed by atoms with Gasteiger partial charge in [-0.05, 0) is 30.3 Å². The molecule has 0 saturated heterocycles. The molecule has 1 unspecified atom stereocenters. The zero-order valence-electron chi connectivity index (χ0n) is 11.6. The van der Waals surface area contributed by atoms with E-state index in [0.717, 1.165) is 0 Å². The molecule has 118 valence electrons. The normalized spacial score (nSPS) is 17.3. The van der Waals surface area contributed by atoms with Crippen molar-refractivity contribution in [3.8, 4) is 0 Å². The fourth-order valence-electron chi connectivity index (χ4n) is 2.16. The van der Waals surface area contributed by atoms with Gasteiger partial charge in [-0.3, -0.25) is 9.79 Å². The third-order valence-corrected chi connectivity index (χ3v) is 4.43. The maximum absolute atomic E-state index is 12.0. The molecule has 2 heterocycles. The molecule has 7 nitrogen and oxygen atoms in total. The van der Waals surface area contributed by atoms with Crippen molar-refractivity contribution in [1.82, 2.24) is 4.98 Å². The Morgan fingerprint density at radius 3 is 2.57 bits per heavy atom. The van der Waals surface area contributed by atoms with Gasteiger partial charge in [-0.1, -0.05) is 17.7 Å². The fraction of sp³-hybridized carbons (Fsp3) is 0.0714. The second-order valence-corrected chi connectivity index (χ2v) is 6.80. The molecule has 1 aliphatic rings. The van der Waals surface area contributed by atoms with Crippen LogP contribution in [0.25, 0.3) is 0 Å². The monoisotopic (exact) mass is 350 g/mol. The second-order valence-electron chi connectivity index (χ2n) is 4.86. The first kappa shape index (κ1) is 15.6. The van der Waals surface area contributed by atoms with Crippen molar-refractivity contribution in [2.24, 2.45) is 10.1 Å². The number of pyridine rings is 1. The first-order chi connectivity index (χ1) is 10.8. The number of carbonyl (C=O) groups excluding carboxylic acids is 1. The highest BCUT2D eigenvalue weighted by Crippen LogP contribution is 2.31. The number of nitrogens with two attached hydrogens (primary N) is 1. The molecule has 3 N–H and O–H groups in total. The lowest BCUT2D eigenvalue weighted by Gasteiger charge is -2.02. The first-order valence-electron chi connectivity index (χ1n) is 6.49. The highest BCUT2D eigenvalue weighted by molar-refractivity contribution is 7.89. The predicted octanol–water partition coefficient (Wildman–Crippen LogP) is 1.82. The summed E-state index contributed by atoms with van der Waals surface area (Å²) in [7, 11) is -3.74. The summed E-state index contributed by atoms with van der Waals surface area (Å²) in [5, 5.41) is 7.95. The number of aliphatic imine (C=N–C) groups is 1. The quantitative estimate of drug-likeness (QED) is 0.649. The molecule has 0 fully saturated rings. The lowest BCUT2D eigenvalue weighted by molar-refractivity contribution is -0.115. The van der Waals surface area contributed by atoms with E-state index in [0.29, 0.717) is 22.2 Å². The zero-order valence-corrected chi connectivity index (χ0v) is 13.2. The average molecular weight is 351 g/mol. The summed E-state index contributed by atoms with van der Waals surface area (Å²) in [6.45, 7) is 0. The molecular weight excluding hydrogens is 340 g/mol. The number of amides is 1. The van der Waals surface area contributed by atoms with Crippen molar-refractivity contribution in [3.05, 3.63) is 47.1 Å². The number of anilines is 1. The van der Waals surface area contributed by atoms with Gasteiger partial charge in [-0.25, -0.2) is 18.5 Å². The van der Waals surface area contributed by atoms with Crippen molar-refractivity contribution in [3.63, 3.8) is 0 Å². The minimum atomic E-state index is -3.74. The summed E-state index contributed by atoms with van der Waals surface area (Å²) in [6, 6.07) is 9.03. The molecule has 1 aromatic heterocycles. The van der Waals surface area contributed by atoms with Crippen LogP contribution in [0.3, 0.4) is 0 Å². The number of hydrogen-bond donors (Lipinski definition) is 2. The van der Waals surface area contributed by atoms with Crippen molar-refractivity contribution in [2.75, 3.05) is 5.32 Å². The molecule has 2 aromatic rings. The van der Waals surface area contributed by atoms with Gasteiger partial charge in [0.25, 0.3) is 0 Å². The van der Waals surface area contributed by atoms with E-state index in [1.807, 2.05) is 0 Å². The number of carbonyl (C=O) groups is 1. The smallest absolute Gasteiger partial charge is 0.238 e. The Morgan fingerprint density at radius 2 is 1.91 bits per heavy atom. The summed E-state index contributed by atoms with van der Waals surface area (Å²) >= 11 is 5.79. The van der Waals surface area contributed by atoms with Gasteiger partial charge >= 0.3 is 0 Å². The summed E-state index contributed by atoms with van der Waals surface area (Å²) in [5.74, 6) is -0.407. The van der Waals surface area contributed by atoms with Crippen molar-refractivity contribution in [2.45, 2.75) is 10.8 Å². The third-order valence-electron chi connectivity index (χ3n) is 3.29. The average Bonchev–Trinajstić information content (AvgIpc) is 2.79. The van der Waals surface area contributed by atoms with Gasteiger partial charge < -0.3 is 5.32 Å². The molecule has 0 spiro atoms. The molecular formula is C14H11ClN4O3S. The molecule has 0 bridgehead atoms. The molecule has 23 heavy (non-hydrogen) atoms. The van der Waals surface area contributed by atoms with Gasteiger partial charge in [0.1, 0.15) is 16.9 Å². The SMILES string of the molecule is NS(=O)(=O)c1ccc(N=CC2C(=O)Nc3nc(Cl)ccc32)cc1. The Labute approximate surface area is 137 Å². The zero-order chi connectivity index (χ0) is 16.6. The maximum atomic E-state index is 12.0. The van der Waals surface area contributed by atoms with Gasteiger partial charge in [0.05, 0.1) is 10.6 Å². The van der Waals surface area contributed by atoms with Gasteiger partial charge in [0, 0.05) is 11.8 Å². The van der Waals surface area contributed by atoms with Crippen LogP contribution in [-0.2, 0) is 14.8 Å². The summed E-state index contributed by atoms with van der Waals surface area (Å²) in [5.41, 5.74) is 1.19. The summed E-state index contributed by atoms with van der Waals surface area (Å²) < 4.78 is 22.4. The van der Waals surface area contributed by atoms with Crippen molar-refractivity contribution >= 4 is 45.3 Å². The molecule has 9 heteroatoms. The van der Waals surface area contributed by atoms with E-state index in [2.05, 4.69) is 15.3 Å². The number of aromatic nitrogens is 1. The van der Waals surface area contributed by atoms with Crippen LogP contribution in [0.1, 0.15) is 11.5 Å². The van der Waals surface area contributed by atoms with E-state index >= 15 is 0 Å². The number of primary sulfonamides is 1. The minimum absolute atomic E-state index is 0.000697. The van der Waals surface area contributed by atoms with Crippen LogP contribution < -0.4 is 10.5 Å². The largest absolute Gasteiger partial charge is 0.310 e. The Hall–Kier alpha value is -2.29. The lowest BCUT2D eigenvalue weighted by Crippen LogP contribution is -2.13. The highest BCUT2D eigenvalue weighted by atomic mass is 35.5. The number of fused-ring (bicyclic) bond motifs is 1. The molecule has 1 aromatic carbocycles. The van der Waals surface area contributed by atoms with Crippen LogP contribution in [0.4, 0.5) is 11.5 Å². The Bertz CT molecular complexity index is 910. The van der Waals surface area contributed by atoms with E-state index < -0.39 is 15.9 Å². The van der Waals surface area contributed by atoms with E-state index in [9.17, 15) is 13.2 Å². The van der Waals surface area contributed by atoms with E-state index in [1.54, 1.807) is 12.1 Å². The fourth-order valence-corrected chi connectivity index (χ4v) is 2.83. The summed E-state index contributed by atoms with van der Waals surface area (Å²) in [4.78, 5) is 20.2. The number of sulfonamides is 1. The molecule has 3 rings (SSSR count). The number of nitrogens with one attached hydrogen (secondary N) is 1. The van der Waals surface area contributed by atoms with E-state index in [1.165, 1.54) is 30.5 Å². The topological polar surface area (TPSA) is 115 Å². The second kappa shape index (κ2) is 5.73. The van der Waals surface area contributed by atoms with Crippen LogP contribution in [0.15, 0.2) is 46.3 Å². The van der Waals surface area contributed by atoms with Crippen LogP contribution in [0, 0.1) is 0 Å². The molecule has 1 amide bonds. The Kier molecular flexibility index (Phi) is 3.88. The van der Waals surface area contributed by atoms with E-state index in [4.69, 9.17) is 16.7 Å². The van der Waals surface area contributed by atoms with Crippen molar-refractivity contribution < 1.29 is 13.2 Å². The number of halogens is 1. The van der Waals surface area contributed by atoms with Crippen LogP contribution in [0.2, 0.25) is 5.15 Å².